The molecule has 1 heterocycles. The van der Waals surface area contributed by atoms with E-state index in [0.29, 0.717) is 6.42 Å². The molecule has 0 radical (unpaired) electrons. The normalized spacial score (nSPS) is 28.3. The minimum absolute atomic E-state index is 0.459. The predicted molar refractivity (Wildman–Crippen MR) is 37.9 cm³/mol. The maximum Gasteiger partial charge on any atom is 0.297 e. The zero-order chi connectivity index (χ0) is 7.61. The smallest absolute Gasteiger partial charge is 0.246 e. The van der Waals surface area contributed by atoms with Crippen LogP contribution in [0.5, 0.6) is 0 Å². The lowest BCUT2D eigenvalue weighted by molar-refractivity contribution is 0.417. The highest BCUT2D eigenvalue weighted by Crippen LogP contribution is 2.28. The molecule has 0 aliphatic carbocycles. The van der Waals surface area contributed by atoms with E-state index in [1.165, 1.54) is 0 Å². The van der Waals surface area contributed by atoms with Crippen molar-refractivity contribution < 1.29 is 12.6 Å². The van der Waals surface area contributed by atoms with Gasteiger partial charge in [0.25, 0.3) is 10.1 Å². The van der Waals surface area contributed by atoms with E-state index >= 15 is 0 Å². The molecule has 1 atom stereocenters. The summed E-state index contributed by atoms with van der Waals surface area (Å²) in [7, 11) is -3.04. The summed E-state index contributed by atoms with van der Waals surface area (Å²) in [6, 6.07) is 0. The first-order valence-electron chi connectivity index (χ1n) is 3.59. The lowest BCUT2D eigenvalue weighted by Crippen LogP contribution is -1.87. The third-order valence-electron chi connectivity index (χ3n) is 1.57. The minimum atomic E-state index is -3.04. The van der Waals surface area contributed by atoms with Gasteiger partial charge in [-0.15, -0.1) is 0 Å². The van der Waals surface area contributed by atoms with E-state index in [4.69, 9.17) is 0 Å². The Kier molecular flexibility index (Phi) is 2.31. The van der Waals surface area contributed by atoms with Crippen molar-refractivity contribution in [2.45, 2.75) is 38.0 Å². The second kappa shape index (κ2) is 2.88. The minimum Gasteiger partial charge on any atom is -0.246 e. The van der Waals surface area contributed by atoms with Gasteiger partial charge in [-0.05, 0) is 12.8 Å². The first-order valence-corrected chi connectivity index (χ1v) is 5.06. The molecule has 10 heavy (non-hydrogen) atoms. The van der Waals surface area contributed by atoms with Crippen LogP contribution in [0.1, 0.15) is 32.6 Å². The summed E-state index contributed by atoms with van der Waals surface area (Å²) in [5.41, 5.74) is -0.459. The first kappa shape index (κ1) is 8.01. The van der Waals surface area contributed by atoms with Gasteiger partial charge < -0.3 is 0 Å². The predicted octanol–water partition coefficient (Wildman–Crippen LogP) is 1.25. The van der Waals surface area contributed by atoms with E-state index < -0.39 is 15.6 Å². The maximum atomic E-state index is 10.4. The van der Waals surface area contributed by atoms with Crippen molar-refractivity contribution in [1.82, 2.24) is 0 Å². The van der Waals surface area contributed by atoms with Crippen LogP contribution in [0, 0.1) is 0 Å². The quantitative estimate of drug-likeness (QED) is 0.464. The number of rotatable bonds is 4. The van der Waals surface area contributed by atoms with E-state index in [1.807, 2.05) is 0 Å². The van der Waals surface area contributed by atoms with Crippen LogP contribution in [0.25, 0.3) is 0 Å². The third kappa shape index (κ3) is 1.95. The molecule has 1 aliphatic rings. The lowest BCUT2D eigenvalue weighted by Gasteiger charge is -1.89. The van der Waals surface area contributed by atoms with Gasteiger partial charge in [0.15, 0.2) is 0 Å². The molecular formula is C6H12O3S. The van der Waals surface area contributed by atoms with Gasteiger partial charge in [0.1, 0.15) is 0 Å². The first-order chi connectivity index (χ1) is 4.67. The molecule has 1 saturated heterocycles. The van der Waals surface area contributed by atoms with Crippen LogP contribution in [-0.4, -0.2) is 13.9 Å². The second-order valence-electron chi connectivity index (χ2n) is 2.51. The zero-order valence-corrected chi connectivity index (χ0v) is 6.86. The molecule has 0 aromatic heterocycles. The molecule has 0 aromatic rings. The molecule has 0 N–H and O–H groups in total. The standard InChI is InChI=1S/C6H12O3S/c1-2-3-4-5-6-9-10(6,7)8/h6H,2-5H2,1H3. The highest BCUT2D eigenvalue weighted by atomic mass is 32.2. The Morgan fingerprint density at radius 3 is 2.40 bits per heavy atom. The summed E-state index contributed by atoms with van der Waals surface area (Å²) < 4.78 is 25.3. The highest BCUT2D eigenvalue weighted by Gasteiger charge is 2.44. The van der Waals surface area contributed by atoms with Crippen LogP contribution < -0.4 is 0 Å². The molecular weight excluding hydrogens is 152 g/mol. The van der Waals surface area contributed by atoms with Crippen LogP contribution in [0.15, 0.2) is 0 Å². The Bertz CT molecular complexity index is 195. The lowest BCUT2D eigenvalue weighted by atomic mass is 10.2. The average Bonchev–Trinajstić information content (AvgIpc) is 2.41. The Morgan fingerprint density at radius 1 is 1.40 bits per heavy atom. The Labute approximate surface area is 61.5 Å². The second-order valence-corrected chi connectivity index (χ2v) is 4.22. The van der Waals surface area contributed by atoms with Gasteiger partial charge in [-0.3, -0.25) is 0 Å². The molecule has 0 aromatic carbocycles. The van der Waals surface area contributed by atoms with E-state index in [-0.39, 0.29) is 0 Å². The maximum absolute atomic E-state index is 10.4. The van der Waals surface area contributed by atoms with Gasteiger partial charge in [-0.25, -0.2) is 4.18 Å². The molecule has 1 unspecified atom stereocenters. The van der Waals surface area contributed by atoms with E-state index in [1.54, 1.807) is 0 Å². The Morgan fingerprint density at radius 2 is 2.00 bits per heavy atom. The zero-order valence-electron chi connectivity index (χ0n) is 6.04. The Hall–Kier alpha value is -0.0900. The average molecular weight is 164 g/mol. The molecule has 0 saturated carbocycles. The van der Waals surface area contributed by atoms with Gasteiger partial charge in [-0.1, -0.05) is 19.8 Å². The van der Waals surface area contributed by atoms with Gasteiger partial charge in [0, 0.05) is 0 Å². The van der Waals surface area contributed by atoms with Crippen LogP contribution in [0.2, 0.25) is 0 Å². The van der Waals surface area contributed by atoms with Crippen molar-refractivity contribution in [3.05, 3.63) is 0 Å². The number of hydrogen-bond acceptors (Lipinski definition) is 3. The largest absolute Gasteiger partial charge is 0.297 e. The molecule has 3 nitrogen and oxygen atoms in total. The summed E-state index contributed by atoms with van der Waals surface area (Å²) in [6.45, 7) is 2.09. The van der Waals surface area contributed by atoms with Crippen LogP contribution in [0.3, 0.4) is 0 Å². The fraction of sp³-hybridized carbons (Fsp3) is 1.00. The number of unbranched alkanes of at least 4 members (excludes halogenated alkanes) is 2. The van der Waals surface area contributed by atoms with Crippen molar-refractivity contribution in [3.8, 4) is 0 Å². The molecule has 1 aliphatic heterocycles. The fourth-order valence-corrected chi connectivity index (χ4v) is 1.88. The summed E-state index contributed by atoms with van der Waals surface area (Å²) in [4.78, 5) is 0. The summed E-state index contributed by atoms with van der Waals surface area (Å²) in [5, 5.41) is 0. The monoisotopic (exact) mass is 164 g/mol. The van der Waals surface area contributed by atoms with Gasteiger partial charge in [-0.2, -0.15) is 8.42 Å². The third-order valence-corrected chi connectivity index (χ3v) is 2.86. The molecule has 0 bridgehead atoms. The van der Waals surface area contributed by atoms with E-state index in [2.05, 4.69) is 11.1 Å². The van der Waals surface area contributed by atoms with Crippen molar-refractivity contribution in [2.75, 3.05) is 0 Å². The van der Waals surface area contributed by atoms with Gasteiger partial charge in [0.2, 0.25) is 5.44 Å². The molecule has 0 spiro atoms. The topological polar surface area (TPSA) is 46.7 Å². The van der Waals surface area contributed by atoms with Crippen LogP contribution in [0.4, 0.5) is 0 Å². The van der Waals surface area contributed by atoms with Crippen molar-refractivity contribution >= 4 is 10.1 Å². The summed E-state index contributed by atoms with van der Waals surface area (Å²) in [5.74, 6) is 0. The van der Waals surface area contributed by atoms with Crippen molar-refractivity contribution in [1.29, 1.82) is 0 Å². The van der Waals surface area contributed by atoms with Crippen LogP contribution >= 0.6 is 0 Å². The molecule has 0 amide bonds. The van der Waals surface area contributed by atoms with E-state index in [9.17, 15) is 8.42 Å². The SMILES string of the molecule is CCCCCC1OS1(=O)=O. The molecule has 60 valence electrons. The summed E-state index contributed by atoms with van der Waals surface area (Å²) in [6.07, 6.45) is 3.85. The van der Waals surface area contributed by atoms with Crippen LogP contribution in [-0.2, 0) is 14.3 Å². The van der Waals surface area contributed by atoms with Crippen molar-refractivity contribution in [2.24, 2.45) is 0 Å². The molecule has 1 fully saturated rings. The van der Waals surface area contributed by atoms with Gasteiger partial charge in [0.05, 0.1) is 0 Å². The summed E-state index contributed by atoms with van der Waals surface area (Å²) >= 11 is 0. The van der Waals surface area contributed by atoms with Gasteiger partial charge >= 0.3 is 0 Å². The number of hydrogen-bond donors (Lipinski definition) is 0. The van der Waals surface area contributed by atoms with Crippen molar-refractivity contribution in [3.63, 3.8) is 0 Å². The fourth-order valence-electron chi connectivity index (χ4n) is 0.880. The molecule has 4 heteroatoms. The van der Waals surface area contributed by atoms with E-state index in [0.717, 1.165) is 19.3 Å². The highest BCUT2D eigenvalue weighted by molar-refractivity contribution is 7.92. The molecule has 1 rings (SSSR count). The Balaban J connectivity index is 2.08.